The van der Waals surface area contributed by atoms with Crippen LogP contribution in [0.2, 0.25) is 5.02 Å². The van der Waals surface area contributed by atoms with Crippen molar-refractivity contribution in [3.63, 3.8) is 0 Å². The molecule has 7 heteroatoms. The number of sulfonamides is 1. The van der Waals surface area contributed by atoms with E-state index < -0.39 is 16.1 Å². The normalized spacial score (nSPS) is 18.0. The van der Waals surface area contributed by atoms with Crippen LogP contribution in [0.25, 0.3) is 0 Å². The first-order valence-electron chi connectivity index (χ1n) is 8.44. The zero-order valence-electron chi connectivity index (χ0n) is 14.7. The van der Waals surface area contributed by atoms with Gasteiger partial charge in [-0.3, -0.25) is 4.79 Å². The van der Waals surface area contributed by atoms with E-state index in [1.807, 2.05) is 32.0 Å². The number of halogens is 1. The lowest BCUT2D eigenvalue weighted by Crippen LogP contribution is -2.43. The van der Waals surface area contributed by atoms with Gasteiger partial charge in [-0.05, 0) is 74.2 Å². The van der Waals surface area contributed by atoms with E-state index in [0.29, 0.717) is 30.1 Å². The largest absolute Gasteiger partial charge is 0.325 e. The van der Waals surface area contributed by atoms with Crippen LogP contribution < -0.4 is 5.32 Å². The molecule has 0 bridgehead atoms. The Kier molecular flexibility index (Phi) is 5.37. The summed E-state index contributed by atoms with van der Waals surface area (Å²) in [5, 5.41) is 3.33. The Morgan fingerprint density at radius 1 is 1.12 bits per heavy atom. The zero-order chi connectivity index (χ0) is 18.9. The maximum atomic E-state index is 12.9. The van der Waals surface area contributed by atoms with Crippen molar-refractivity contribution < 1.29 is 13.2 Å². The molecule has 1 amide bonds. The number of aryl methyl sites for hydroxylation is 2. The summed E-state index contributed by atoms with van der Waals surface area (Å²) in [6, 6.07) is 11.1. The predicted molar refractivity (Wildman–Crippen MR) is 103 cm³/mol. The van der Waals surface area contributed by atoms with Gasteiger partial charge in [0.25, 0.3) is 0 Å². The molecule has 1 atom stereocenters. The number of carbonyl (C=O) groups is 1. The molecule has 1 heterocycles. The molecule has 1 saturated heterocycles. The highest BCUT2D eigenvalue weighted by atomic mass is 35.5. The standard InChI is InChI=1S/C19H21ClN2O3S/c1-13-10-14(2)12-16(11-13)21-19(23)18-4-3-9-22(18)26(24,25)17-7-5-15(20)6-8-17/h5-8,10-12,18H,3-4,9H2,1-2H3,(H,21,23). The van der Waals surface area contributed by atoms with Crippen molar-refractivity contribution in [2.45, 2.75) is 37.6 Å². The van der Waals surface area contributed by atoms with Gasteiger partial charge in [0.2, 0.25) is 15.9 Å². The van der Waals surface area contributed by atoms with Crippen LogP contribution in [0, 0.1) is 13.8 Å². The Hall–Kier alpha value is -1.89. The summed E-state index contributed by atoms with van der Waals surface area (Å²) in [7, 11) is -3.74. The lowest BCUT2D eigenvalue weighted by atomic mass is 10.1. The molecule has 3 rings (SSSR count). The highest BCUT2D eigenvalue weighted by Crippen LogP contribution is 2.28. The van der Waals surface area contributed by atoms with Crippen molar-refractivity contribution in [1.82, 2.24) is 4.31 Å². The summed E-state index contributed by atoms with van der Waals surface area (Å²) in [6.45, 7) is 4.24. The number of nitrogens with one attached hydrogen (secondary N) is 1. The minimum Gasteiger partial charge on any atom is -0.325 e. The predicted octanol–water partition coefficient (Wildman–Crippen LogP) is 3.75. The molecule has 2 aromatic carbocycles. The molecule has 0 saturated carbocycles. The Balaban J connectivity index is 1.83. The third kappa shape index (κ3) is 3.92. The monoisotopic (exact) mass is 392 g/mol. The molecule has 2 aromatic rings. The molecule has 138 valence electrons. The van der Waals surface area contributed by atoms with Crippen molar-refractivity contribution >= 4 is 33.2 Å². The van der Waals surface area contributed by atoms with Gasteiger partial charge in [-0.15, -0.1) is 0 Å². The van der Waals surface area contributed by atoms with Crippen LogP contribution >= 0.6 is 11.6 Å². The van der Waals surface area contributed by atoms with Gasteiger partial charge in [0.1, 0.15) is 6.04 Å². The van der Waals surface area contributed by atoms with E-state index in [1.54, 1.807) is 0 Å². The Labute approximate surface area is 159 Å². The SMILES string of the molecule is Cc1cc(C)cc(NC(=O)C2CCCN2S(=O)(=O)c2ccc(Cl)cc2)c1. The number of benzene rings is 2. The summed E-state index contributed by atoms with van der Waals surface area (Å²) < 4.78 is 27.1. The third-order valence-corrected chi connectivity index (χ3v) is 6.59. The van der Waals surface area contributed by atoms with Crippen LogP contribution in [0.3, 0.4) is 0 Å². The number of carbonyl (C=O) groups excluding carboxylic acids is 1. The zero-order valence-corrected chi connectivity index (χ0v) is 16.3. The average molecular weight is 393 g/mol. The molecule has 1 aliphatic heterocycles. The van der Waals surface area contributed by atoms with Crippen LogP contribution in [0.1, 0.15) is 24.0 Å². The van der Waals surface area contributed by atoms with E-state index in [0.717, 1.165) is 11.1 Å². The Bertz CT molecular complexity index is 906. The Morgan fingerprint density at radius 3 is 2.35 bits per heavy atom. The molecule has 0 radical (unpaired) electrons. The first-order valence-corrected chi connectivity index (χ1v) is 10.3. The van der Waals surface area contributed by atoms with Gasteiger partial charge in [-0.1, -0.05) is 17.7 Å². The fourth-order valence-electron chi connectivity index (χ4n) is 3.30. The van der Waals surface area contributed by atoms with E-state index in [9.17, 15) is 13.2 Å². The van der Waals surface area contributed by atoms with Crippen LogP contribution in [-0.2, 0) is 14.8 Å². The minimum atomic E-state index is -3.74. The van der Waals surface area contributed by atoms with Crippen LogP contribution in [-0.4, -0.2) is 31.2 Å². The second-order valence-electron chi connectivity index (χ2n) is 6.59. The topological polar surface area (TPSA) is 66.5 Å². The fourth-order valence-corrected chi connectivity index (χ4v) is 5.09. The first-order chi connectivity index (χ1) is 12.3. The maximum absolute atomic E-state index is 12.9. The second kappa shape index (κ2) is 7.39. The van der Waals surface area contributed by atoms with Gasteiger partial charge in [-0.25, -0.2) is 8.42 Å². The van der Waals surface area contributed by atoms with Crippen LogP contribution in [0.15, 0.2) is 47.4 Å². The van der Waals surface area contributed by atoms with E-state index >= 15 is 0 Å². The van der Waals surface area contributed by atoms with Gasteiger partial charge in [0.15, 0.2) is 0 Å². The van der Waals surface area contributed by atoms with E-state index in [2.05, 4.69) is 5.32 Å². The van der Waals surface area contributed by atoms with E-state index in [-0.39, 0.29) is 10.8 Å². The van der Waals surface area contributed by atoms with Crippen molar-refractivity contribution in [3.05, 3.63) is 58.6 Å². The number of amides is 1. The molecular weight excluding hydrogens is 372 g/mol. The quantitative estimate of drug-likeness (QED) is 0.861. The summed E-state index contributed by atoms with van der Waals surface area (Å²) in [4.78, 5) is 12.9. The van der Waals surface area contributed by atoms with Gasteiger partial charge in [0.05, 0.1) is 4.90 Å². The van der Waals surface area contributed by atoms with Gasteiger partial charge in [0, 0.05) is 17.3 Å². The molecule has 1 unspecified atom stereocenters. The number of rotatable bonds is 4. The summed E-state index contributed by atoms with van der Waals surface area (Å²) >= 11 is 5.84. The molecule has 0 aliphatic carbocycles. The molecule has 5 nitrogen and oxygen atoms in total. The van der Waals surface area contributed by atoms with Crippen LogP contribution in [0.4, 0.5) is 5.69 Å². The molecule has 26 heavy (non-hydrogen) atoms. The number of nitrogens with zero attached hydrogens (tertiary/aromatic N) is 1. The van der Waals surface area contributed by atoms with Crippen molar-refractivity contribution in [1.29, 1.82) is 0 Å². The molecular formula is C19H21ClN2O3S. The third-order valence-electron chi connectivity index (χ3n) is 4.42. The summed E-state index contributed by atoms with van der Waals surface area (Å²) in [5.41, 5.74) is 2.76. The second-order valence-corrected chi connectivity index (χ2v) is 8.92. The summed E-state index contributed by atoms with van der Waals surface area (Å²) in [5.74, 6) is -0.301. The molecule has 0 spiro atoms. The summed E-state index contributed by atoms with van der Waals surface area (Å²) in [6.07, 6.45) is 1.15. The number of hydrogen-bond acceptors (Lipinski definition) is 3. The lowest BCUT2D eigenvalue weighted by molar-refractivity contribution is -0.119. The average Bonchev–Trinajstić information content (AvgIpc) is 3.05. The first kappa shape index (κ1) is 18.9. The van der Waals surface area contributed by atoms with E-state index in [1.165, 1.54) is 28.6 Å². The highest BCUT2D eigenvalue weighted by Gasteiger charge is 2.39. The maximum Gasteiger partial charge on any atom is 0.243 e. The number of anilines is 1. The van der Waals surface area contributed by atoms with Crippen molar-refractivity contribution in [2.24, 2.45) is 0 Å². The van der Waals surface area contributed by atoms with E-state index in [4.69, 9.17) is 11.6 Å². The van der Waals surface area contributed by atoms with Crippen LogP contribution in [0.5, 0.6) is 0 Å². The minimum absolute atomic E-state index is 0.146. The van der Waals surface area contributed by atoms with Crippen molar-refractivity contribution in [2.75, 3.05) is 11.9 Å². The van der Waals surface area contributed by atoms with Crippen molar-refractivity contribution in [3.8, 4) is 0 Å². The smallest absolute Gasteiger partial charge is 0.243 e. The molecule has 1 N–H and O–H groups in total. The van der Waals surface area contributed by atoms with Gasteiger partial charge in [-0.2, -0.15) is 4.31 Å². The molecule has 1 fully saturated rings. The van der Waals surface area contributed by atoms with Gasteiger partial charge >= 0.3 is 0 Å². The Morgan fingerprint density at radius 2 is 1.73 bits per heavy atom. The fraction of sp³-hybridized carbons (Fsp3) is 0.316. The van der Waals surface area contributed by atoms with Gasteiger partial charge < -0.3 is 5.32 Å². The molecule has 0 aromatic heterocycles. The lowest BCUT2D eigenvalue weighted by Gasteiger charge is -2.23. The number of hydrogen-bond donors (Lipinski definition) is 1. The highest BCUT2D eigenvalue weighted by molar-refractivity contribution is 7.89. The molecule has 1 aliphatic rings.